The average Bonchev–Trinajstić information content (AvgIpc) is 3.33. The maximum atomic E-state index is 13.1. The third kappa shape index (κ3) is 4.88. The lowest BCUT2D eigenvalue weighted by Crippen LogP contribution is -2.10. The minimum absolute atomic E-state index is 0.0625. The van der Waals surface area contributed by atoms with Gasteiger partial charge in [0, 0.05) is 26.7 Å². The van der Waals surface area contributed by atoms with Crippen molar-refractivity contribution in [2.45, 2.75) is 31.1 Å². The third-order valence-electron chi connectivity index (χ3n) is 4.74. The summed E-state index contributed by atoms with van der Waals surface area (Å²) in [6.45, 7) is 6.07. The molecule has 172 valence electrons. The zero-order valence-corrected chi connectivity index (χ0v) is 22.8. The van der Waals surface area contributed by atoms with Crippen molar-refractivity contribution in [3.05, 3.63) is 62.0 Å². The van der Waals surface area contributed by atoms with Crippen LogP contribution < -0.4 is 0 Å². The summed E-state index contributed by atoms with van der Waals surface area (Å²) < 4.78 is 28.6. The zero-order chi connectivity index (χ0) is 24.1. The van der Waals surface area contributed by atoms with Gasteiger partial charge in [-0.1, -0.05) is 83.4 Å². The molecule has 2 aromatic heterocycles. The lowest BCUT2D eigenvalue weighted by atomic mass is 9.98. The molecule has 0 aliphatic carbocycles. The van der Waals surface area contributed by atoms with Crippen LogP contribution in [0.3, 0.4) is 0 Å². The molecule has 0 amide bonds. The van der Waals surface area contributed by atoms with Gasteiger partial charge in [-0.05, 0) is 30.3 Å². The second-order valence-electron chi connectivity index (χ2n) is 8.48. The highest BCUT2D eigenvalue weighted by Gasteiger charge is 2.31. The van der Waals surface area contributed by atoms with Crippen LogP contribution >= 0.6 is 50.5 Å². The summed E-state index contributed by atoms with van der Waals surface area (Å²) in [5.74, 6) is 0. The first-order valence-electron chi connectivity index (χ1n) is 9.75. The molecule has 0 spiro atoms. The summed E-state index contributed by atoms with van der Waals surface area (Å²) >= 11 is 17.4. The molecule has 0 unspecified atom stereocenters. The van der Waals surface area contributed by atoms with Gasteiger partial charge in [0.05, 0.1) is 16.4 Å². The Bertz CT molecular complexity index is 1460. The van der Waals surface area contributed by atoms with Crippen molar-refractivity contribution < 1.29 is 8.42 Å². The topological polar surface area (TPSA) is 77.7 Å². The van der Waals surface area contributed by atoms with Crippen LogP contribution in [0.15, 0.2) is 51.8 Å². The van der Waals surface area contributed by atoms with Gasteiger partial charge in [-0.25, -0.2) is 13.1 Å². The highest BCUT2D eigenvalue weighted by molar-refractivity contribution is 9.10. The predicted octanol–water partition coefficient (Wildman–Crippen LogP) is 6.83. The van der Waals surface area contributed by atoms with Crippen molar-refractivity contribution in [3.63, 3.8) is 0 Å². The van der Waals surface area contributed by atoms with Crippen LogP contribution in [-0.2, 0) is 15.3 Å². The van der Waals surface area contributed by atoms with Crippen molar-refractivity contribution in [2.24, 2.45) is 0 Å². The molecule has 4 aromatic rings. The van der Waals surface area contributed by atoms with E-state index in [9.17, 15) is 8.42 Å². The third-order valence-corrected chi connectivity index (χ3v) is 8.29. The minimum Gasteiger partial charge on any atom is -0.229 e. The van der Waals surface area contributed by atoms with E-state index in [4.69, 9.17) is 28.3 Å². The molecule has 0 aliphatic rings. The van der Waals surface area contributed by atoms with Crippen LogP contribution in [0.5, 0.6) is 0 Å². The fourth-order valence-electron chi connectivity index (χ4n) is 3.21. The average molecular weight is 586 g/mol. The Hall–Kier alpha value is -1.78. The molecule has 0 saturated carbocycles. The van der Waals surface area contributed by atoms with E-state index >= 15 is 0 Å². The van der Waals surface area contributed by atoms with E-state index in [2.05, 4.69) is 26.1 Å². The molecule has 11 heteroatoms. The number of halogens is 3. The first kappa shape index (κ1) is 24.3. The number of sulfone groups is 1. The van der Waals surface area contributed by atoms with E-state index < -0.39 is 9.84 Å². The van der Waals surface area contributed by atoms with Crippen LogP contribution in [0, 0.1) is 0 Å². The lowest BCUT2D eigenvalue weighted by Gasteiger charge is -2.12. The van der Waals surface area contributed by atoms with Crippen molar-refractivity contribution in [3.8, 4) is 27.6 Å². The number of nitrogens with zero attached hydrogens (tertiary/aromatic N) is 4. The summed E-state index contributed by atoms with van der Waals surface area (Å²) in [4.78, 5) is 0.0625. The quantitative estimate of drug-likeness (QED) is 0.262. The van der Waals surface area contributed by atoms with Gasteiger partial charge in [-0.3, -0.25) is 0 Å². The van der Waals surface area contributed by atoms with E-state index in [1.54, 1.807) is 18.2 Å². The smallest absolute Gasteiger partial charge is 0.180 e. The van der Waals surface area contributed by atoms with Crippen molar-refractivity contribution in [1.82, 2.24) is 20.0 Å². The van der Waals surface area contributed by atoms with Crippen LogP contribution in [-0.4, -0.2) is 34.7 Å². The monoisotopic (exact) mass is 584 g/mol. The molecule has 0 N–H and O–H groups in total. The number of rotatable bonds is 4. The number of hydrogen-bond acceptors (Lipinski definition) is 6. The minimum atomic E-state index is -3.73. The second kappa shape index (κ2) is 8.78. The Kier molecular flexibility index (Phi) is 6.48. The first-order valence-corrected chi connectivity index (χ1v) is 14.0. The Morgan fingerprint density at radius 1 is 1.03 bits per heavy atom. The van der Waals surface area contributed by atoms with Crippen molar-refractivity contribution in [1.29, 1.82) is 0 Å². The molecular weight excluding hydrogens is 567 g/mol. The number of aromatic nitrogens is 4. The molecule has 33 heavy (non-hydrogen) atoms. The molecule has 2 aromatic carbocycles. The Balaban J connectivity index is 2.10. The van der Waals surface area contributed by atoms with E-state index in [1.807, 2.05) is 45.0 Å². The first-order chi connectivity index (χ1) is 15.4. The molecule has 0 bridgehead atoms. The van der Waals surface area contributed by atoms with Gasteiger partial charge >= 0.3 is 0 Å². The molecular formula is C22H19BrCl2N4O2S2. The highest BCUT2D eigenvalue weighted by atomic mass is 79.9. The van der Waals surface area contributed by atoms with Gasteiger partial charge in [-0.15, -0.1) is 10.2 Å². The summed E-state index contributed by atoms with van der Waals surface area (Å²) in [5.41, 5.74) is 1.53. The molecule has 0 atom stereocenters. The van der Waals surface area contributed by atoms with Crippen molar-refractivity contribution >= 4 is 60.3 Å². The summed E-state index contributed by atoms with van der Waals surface area (Å²) in [6.07, 6.45) is 1.16. The lowest BCUT2D eigenvalue weighted by molar-refractivity contribution is 0.578. The van der Waals surface area contributed by atoms with Gasteiger partial charge in [-0.2, -0.15) is 5.10 Å². The van der Waals surface area contributed by atoms with Gasteiger partial charge in [0.1, 0.15) is 15.6 Å². The molecule has 6 nitrogen and oxygen atoms in total. The summed E-state index contributed by atoms with van der Waals surface area (Å²) in [5, 5.41) is 15.3. The Morgan fingerprint density at radius 2 is 1.70 bits per heavy atom. The Labute approximate surface area is 214 Å². The number of benzene rings is 2. The molecule has 2 heterocycles. The summed E-state index contributed by atoms with van der Waals surface area (Å²) in [6, 6.07) is 12.3. The zero-order valence-electron chi connectivity index (χ0n) is 18.1. The van der Waals surface area contributed by atoms with E-state index in [0.29, 0.717) is 32.0 Å². The largest absolute Gasteiger partial charge is 0.229 e. The van der Waals surface area contributed by atoms with Crippen LogP contribution in [0.4, 0.5) is 0 Å². The normalized spacial score (nSPS) is 12.3. The Morgan fingerprint density at radius 3 is 2.24 bits per heavy atom. The van der Waals surface area contributed by atoms with Crippen LogP contribution in [0.2, 0.25) is 10.0 Å². The fraction of sp³-hybridized carbons (Fsp3) is 0.227. The standard InChI is InChI=1S/C22H19BrCl2N4O2S2/c1-22(2,3)21-27-26-20(32-21)17-19(33(4,30)31)18(12-5-7-13(23)8-6-12)29(28-17)16-10-9-14(24)11-15(16)25/h5-11H,1-4H3. The second-order valence-corrected chi connectivity index (χ2v) is 13.2. The summed E-state index contributed by atoms with van der Waals surface area (Å²) in [7, 11) is -3.73. The molecule has 0 fully saturated rings. The molecule has 0 aliphatic heterocycles. The van der Waals surface area contributed by atoms with Crippen LogP contribution in [0.1, 0.15) is 25.8 Å². The maximum absolute atomic E-state index is 13.1. The van der Waals surface area contributed by atoms with Gasteiger partial charge in [0.2, 0.25) is 0 Å². The molecule has 0 radical (unpaired) electrons. The van der Waals surface area contributed by atoms with E-state index in [1.165, 1.54) is 16.0 Å². The fourth-order valence-corrected chi connectivity index (χ4v) is 5.96. The SMILES string of the molecule is CC(C)(C)c1nnc(-c2nn(-c3ccc(Cl)cc3Cl)c(-c3ccc(Br)cc3)c2S(C)(=O)=O)s1. The predicted molar refractivity (Wildman–Crippen MR) is 137 cm³/mol. The van der Waals surface area contributed by atoms with Crippen molar-refractivity contribution in [2.75, 3.05) is 6.26 Å². The maximum Gasteiger partial charge on any atom is 0.180 e. The van der Waals surface area contributed by atoms with Gasteiger partial charge in [0.25, 0.3) is 0 Å². The van der Waals surface area contributed by atoms with Gasteiger partial charge < -0.3 is 0 Å². The van der Waals surface area contributed by atoms with E-state index in [-0.39, 0.29) is 16.0 Å². The van der Waals surface area contributed by atoms with Gasteiger partial charge in [0.15, 0.2) is 14.8 Å². The molecule has 0 saturated heterocycles. The van der Waals surface area contributed by atoms with Crippen LogP contribution in [0.25, 0.3) is 27.6 Å². The molecule has 4 rings (SSSR count). The number of hydrogen-bond donors (Lipinski definition) is 0. The highest BCUT2D eigenvalue weighted by Crippen LogP contribution is 2.41. The van der Waals surface area contributed by atoms with E-state index in [0.717, 1.165) is 15.7 Å².